The number of hydrogen-bond acceptors (Lipinski definition) is 6. The van der Waals surface area contributed by atoms with E-state index in [-0.39, 0.29) is 5.82 Å². The molecule has 0 saturated heterocycles. The second-order valence-corrected chi connectivity index (χ2v) is 3.87. The Morgan fingerprint density at radius 1 is 1.37 bits per heavy atom. The van der Waals surface area contributed by atoms with E-state index in [1.54, 1.807) is 19.2 Å². The second kappa shape index (κ2) is 9.23. The van der Waals surface area contributed by atoms with Crippen LogP contribution in [0.2, 0.25) is 0 Å². The summed E-state index contributed by atoms with van der Waals surface area (Å²) >= 11 is 0. The van der Waals surface area contributed by atoms with Crippen LogP contribution in [0.5, 0.6) is 0 Å². The van der Waals surface area contributed by atoms with Crippen molar-refractivity contribution in [3.8, 4) is 0 Å². The Balaban J connectivity index is 2.17. The number of methoxy groups -OCH3 is 1. The van der Waals surface area contributed by atoms with E-state index < -0.39 is 4.92 Å². The van der Waals surface area contributed by atoms with Crippen LogP contribution in [-0.4, -0.2) is 43.4 Å². The first-order chi connectivity index (χ1) is 9.25. The fraction of sp³-hybridized carbons (Fsp3) is 0.583. The topological polar surface area (TPSA) is 86.5 Å². The van der Waals surface area contributed by atoms with Crippen LogP contribution in [-0.2, 0) is 9.47 Å². The van der Waals surface area contributed by atoms with E-state index in [0.29, 0.717) is 32.1 Å². The number of ether oxygens (including phenoxy) is 2. The van der Waals surface area contributed by atoms with Crippen molar-refractivity contribution >= 4 is 11.5 Å². The van der Waals surface area contributed by atoms with E-state index in [1.807, 2.05) is 0 Å². The number of nitrogens with zero attached hydrogens (tertiary/aromatic N) is 2. The first-order valence-electron chi connectivity index (χ1n) is 6.15. The van der Waals surface area contributed by atoms with E-state index in [0.717, 1.165) is 12.8 Å². The maximum atomic E-state index is 10.7. The summed E-state index contributed by atoms with van der Waals surface area (Å²) in [6, 6.07) is 3.32. The molecule has 19 heavy (non-hydrogen) atoms. The fourth-order valence-corrected chi connectivity index (χ4v) is 1.48. The molecular weight excluding hydrogens is 250 g/mol. The fourth-order valence-electron chi connectivity index (χ4n) is 1.48. The Morgan fingerprint density at radius 3 is 2.95 bits per heavy atom. The number of anilines is 1. The van der Waals surface area contributed by atoms with Gasteiger partial charge in [-0.2, -0.15) is 0 Å². The van der Waals surface area contributed by atoms with Crippen LogP contribution >= 0.6 is 0 Å². The summed E-state index contributed by atoms with van der Waals surface area (Å²) in [6.45, 7) is 2.51. The number of nitrogens with one attached hydrogen (secondary N) is 1. The highest BCUT2D eigenvalue weighted by molar-refractivity contribution is 5.56. The zero-order valence-electron chi connectivity index (χ0n) is 11.0. The van der Waals surface area contributed by atoms with Gasteiger partial charge < -0.3 is 24.9 Å². The number of rotatable bonds is 10. The molecule has 0 fully saturated rings. The number of hydrogen-bond donors (Lipinski definition) is 1. The predicted molar refractivity (Wildman–Crippen MR) is 71.3 cm³/mol. The van der Waals surface area contributed by atoms with Crippen LogP contribution in [0.1, 0.15) is 12.8 Å². The molecule has 1 aromatic heterocycles. The number of unbranched alkanes of at least 4 members (excludes halogenated alkanes) is 1. The van der Waals surface area contributed by atoms with Crippen LogP contribution < -0.4 is 5.32 Å². The normalized spacial score (nSPS) is 10.4. The molecule has 1 aromatic rings. The highest BCUT2D eigenvalue weighted by atomic mass is 16.6. The van der Waals surface area contributed by atoms with Crippen molar-refractivity contribution in [1.29, 1.82) is 0 Å². The van der Waals surface area contributed by atoms with Crippen LogP contribution in [0.25, 0.3) is 0 Å². The van der Waals surface area contributed by atoms with Crippen molar-refractivity contribution in [2.45, 2.75) is 12.8 Å². The smallest absolute Gasteiger partial charge is 0.382 e. The molecular formula is C12H19N3O4. The van der Waals surface area contributed by atoms with E-state index in [9.17, 15) is 10.1 Å². The quantitative estimate of drug-likeness (QED) is 0.396. The Bertz CT molecular complexity index is 387. The lowest BCUT2D eigenvalue weighted by Crippen LogP contribution is -2.07. The molecule has 0 radical (unpaired) electrons. The van der Waals surface area contributed by atoms with Gasteiger partial charge in [0.05, 0.1) is 13.2 Å². The van der Waals surface area contributed by atoms with Crippen molar-refractivity contribution in [3.63, 3.8) is 0 Å². The maximum Gasteiger partial charge on any atom is 0.386 e. The average molecular weight is 269 g/mol. The summed E-state index contributed by atoms with van der Waals surface area (Å²) in [6.07, 6.45) is 3.18. The van der Waals surface area contributed by atoms with Crippen molar-refractivity contribution < 1.29 is 14.4 Å². The van der Waals surface area contributed by atoms with Gasteiger partial charge >= 0.3 is 5.82 Å². The van der Waals surface area contributed by atoms with Gasteiger partial charge in [-0.05, 0) is 34.9 Å². The molecule has 0 unspecified atom stereocenters. The molecule has 7 nitrogen and oxygen atoms in total. The monoisotopic (exact) mass is 269 g/mol. The summed E-state index contributed by atoms with van der Waals surface area (Å²) in [5, 5.41) is 13.7. The van der Waals surface area contributed by atoms with Crippen LogP contribution in [0.3, 0.4) is 0 Å². The minimum Gasteiger partial charge on any atom is -0.382 e. The van der Waals surface area contributed by atoms with Gasteiger partial charge in [-0.1, -0.05) is 0 Å². The van der Waals surface area contributed by atoms with E-state index in [1.165, 1.54) is 6.20 Å². The Morgan fingerprint density at radius 2 is 2.21 bits per heavy atom. The zero-order valence-corrected chi connectivity index (χ0v) is 11.0. The molecule has 106 valence electrons. The lowest BCUT2D eigenvalue weighted by Gasteiger charge is -2.06. The Kier molecular flexibility index (Phi) is 7.45. The van der Waals surface area contributed by atoms with Gasteiger partial charge in [0.1, 0.15) is 11.9 Å². The van der Waals surface area contributed by atoms with Gasteiger partial charge in [0, 0.05) is 20.3 Å². The van der Waals surface area contributed by atoms with Gasteiger partial charge in [-0.3, -0.25) is 0 Å². The van der Waals surface area contributed by atoms with Gasteiger partial charge in [-0.15, -0.1) is 0 Å². The van der Waals surface area contributed by atoms with Crippen LogP contribution in [0.15, 0.2) is 18.3 Å². The first kappa shape index (κ1) is 15.3. The minimum atomic E-state index is -0.490. The SMILES string of the molecule is COCCOCCCCNc1cccnc1[N+](=O)[O-]. The molecule has 0 atom stereocenters. The summed E-state index contributed by atoms with van der Waals surface area (Å²) in [5.74, 6) is -0.140. The average Bonchev–Trinajstić information content (AvgIpc) is 2.42. The lowest BCUT2D eigenvalue weighted by molar-refractivity contribution is -0.388. The van der Waals surface area contributed by atoms with Crippen LogP contribution in [0.4, 0.5) is 11.5 Å². The molecule has 1 N–H and O–H groups in total. The molecule has 1 rings (SSSR count). The van der Waals surface area contributed by atoms with E-state index in [4.69, 9.17) is 9.47 Å². The molecule has 0 bridgehead atoms. The molecule has 0 aliphatic heterocycles. The Labute approximate surface area is 112 Å². The standard InChI is InChI=1S/C12H19N3O4/c1-18-9-10-19-8-3-2-6-13-11-5-4-7-14-12(11)15(16)17/h4-5,7,13H,2-3,6,8-10H2,1H3. The summed E-state index contributed by atoms with van der Waals surface area (Å²) < 4.78 is 10.2. The van der Waals surface area contributed by atoms with Crippen molar-refractivity contribution in [2.75, 3.05) is 38.8 Å². The largest absolute Gasteiger partial charge is 0.386 e. The van der Waals surface area contributed by atoms with Gasteiger partial charge in [-0.25, -0.2) is 0 Å². The summed E-state index contributed by atoms with van der Waals surface area (Å²) in [5.41, 5.74) is 0.452. The predicted octanol–water partition coefficient (Wildman–Crippen LogP) is 1.84. The summed E-state index contributed by atoms with van der Waals surface area (Å²) in [4.78, 5) is 14.0. The summed E-state index contributed by atoms with van der Waals surface area (Å²) in [7, 11) is 1.63. The molecule has 0 aliphatic carbocycles. The number of nitro groups is 1. The molecule has 0 saturated carbocycles. The molecule has 0 spiro atoms. The third-order valence-electron chi connectivity index (χ3n) is 2.42. The van der Waals surface area contributed by atoms with Gasteiger partial charge in [0.25, 0.3) is 0 Å². The van der Waals surface area contributed by atoms with E-state index in [2.05, 4.69) is 10.3 Å². The number of aromatic nitrogens is 1. The third kappa shape index (κ3) is 6.12. The van der Waals surface area contributed by atoms with Gasteiger partial charge in [0.15, 0.2) is 0 Å². The van der Waals surface area contributed by atoms with Crippen molar-refractivity contribution in [2.24, 2.45) is 0 Å². The number of pyridine rings is 1. The van der Waals surface area contributed by atoms with Gasteiger partial charge in [0.2, 0.25) is 0 Å². The maximum absolute atomic E-state index is 10.7. The third-order valence-corrected chi connectivity index (χ3v) is 2.42. The zero-order chi connectivity index (χ0) is 13.9. The first-order valence-corrected chi connectivity index (χ1v) is 6.15. The molecule has 1 heterocycles. The highest BCUT2D eigenvalue weighted by Crippen LogP contribution is 2.19. The molecule has 0 amide bonds. The highest BCUT2D eigenvalue weighted by Gasteiger charge is 2.12. The molecule has 7 heteroatoms. The minimum absolute atomic E-state index is 0.140. The van der Waals surface area contributed by atoms with Crippen molar-refractivity contribution in [1.82, 2.24) is 4.98 Å². The second-order valence-electron chi connectivity index (χ2n) is 3.87. The Hall–Kier alpha value is -1.73. The van der Waals surface area contributed by atoms with Crippen LogP contribution in [0, 0.1) is 10.1 Å². The van der Waals surface area contributed by atoms with Crippen molar-refractivity contribution in [3.05, 3.63) is 28.4 Å². The lowest BCUT2D eigenvalue weighted by atomic mass is 10.3. The van der Waals surface area contributed by atoms with E-state index >= 15 is 0 Å². The molecule has 0 aliphatic rings. The molecule has 0 aromatic carbocycles.